The Morgan fingerprint density at radius 1 is 1.17 bits per heavy atom. The number of hydrogen-bond donors (Lipinski definition) is 3. The van der Waals surface area contributed by atoms with Crippen molar-refractivity contribution in [3.63, 3.8) is 0 Å². The van der Waals surface area contributed by atoms with E-state index in [9.17, 15) is 4.79 Å². The Labute approximate surface area is 136 Å². The van der Waals surface area contributed by atoms with Crippen LogP contribution in [-0.2, 0) is 13.1 Å². The van der Waals surface area contributed by atoms with E-state index in [0.29, 0.717) is 12.1 Å². The van der Waals surface area contributed by atoms with Crippen LogP contribution in [0.2, 0.25) is 0 Å². The molecule has 2 rings (SSSR count). The van der Waals surface area contributed by atoms with Crippen LogP contribution in [0.3, 0.4) is 0 Å². The standard InChI is InChI=1S/C17H23N5O/c1-18-16(23)15-7-5-6-14(12-15)13-21-17(19-2)20-8-11-22-9-3-4-10-22/h3-7,9-10,12H,8,11,13H2,1-2H3,(H,18,23)(H2,19,20,21). The number of carbonyl (C=O) groups excluding carboxylic acids is 1. The predicted octanol–water partition coefficient (Wildman–Crippen LogP) is 1.21. The smallest absolute Gasteiger partial charge is 0.251 e. The zero-order valence-electron chi connectivity index (χ0n) is 13.5. The molecule has 0 fully saturated rings. The maximum Gasteiger partial charge on any atom is 0.251 e. The molecule has 0 aliphatic rings. The fourth-order valence-electron chi connectivity index (χ4n) is 2.20. The second-order valence-electron chi connectivity index (χ2n) is 5.05. The van der Waals surface area contributed by atoms with E-state index < -0.39 is 0 Å². The van der Waals surface area contributed by atoms with Crippen molar-refractivity contribution >= 4 is 11.9 Å². The number of guanidine groups is 1. The summed E-state index contributed by atoms with van der Waals surface area (Å²) in [6.07, 6.45) is 4.06. The van der Waals surface area contributed by atoms with Gasteiger partial charge in [0.25, 0.3) is 5.91 Å². The molecule has 0 unspecified atom stereocenters. The largest absolute Gasteiger partial charge is 0.355 e. The highest BCUT2D eigenvalue weighted by Gasteiger charge is 2.04. The van der Waals surface area contributed by atoms with Gasteiger partial charge in [-0.3, -0.25) is 9.79 Å². The van der Waals surface area contributed by atoms with Crippen LogP contribution < -0.4 is 16.0 Å². The molecule has 6 nitrogen and oxygen atoms in total. The minimum Gasteiger partial charge on any atom is -0.355 e. The van der Waals surface area contributed by atoms with Crippen LogP contribution in [0.25, 0.3) is 0 Å². The predicted molar refractivity (Wildman–Crippen MR) is 92.5 cm³/mol. The molecular formula is C17H23N5O. The van der Waals surface area contributed by atoms with Gasteiger partial charge in [-0.1, -0.05) is 12.1 Å². The van der Waals surface area contributed by atoms with E-state index in [1.807, 2.05) is 42.7 Å². The molecule has 1 amide bonds. The van der Waals surface area contributed by atoms with Crippen molar-refractivity contribution < 1.29 is 4.79 Å². The Hall–Kier alpha value is -2.76. The molecule has 3 N–H and O–H groups in total. The highest BCUT2D eigenvalue weighted by Crippen LogP contribution is 2.05. The SMILES string of the molecule is CN=C(NCCn1cccc1)NCc1cccc(C(=O)NC)c1. The summed E-state index contributed by atoms with van der Waals surface area (Å²) in [5.41, 5.74) is 1.68. The first-order valence-corrected chi connectivity index (χ1v) is 7.59. The average Bonchev–Trinajstić information content (AvgIpc) is 3.10. The van der Waals surface area contributed by atoms with Crippen molar-refractivity contribution in [2.24, 2.45) is 4.99 Å². The number of aromatic nitrogens is 1. The maximum atomic E-state index is 11.6. The van der Waals surface area contributed by atoms with E-state index in [2.05, 4.69) is 25.5 Å². The highest BCUT2D eigenvalue weighted by molar-refractivity contribution is 5.94. The quantitative estimate of drug-likeness (QED) is 0.554. The summed E-state index contributed by atoms with van der Waals surface area (Å²) in [5, 5.41) is 9.14. The minimum absolute atomic E-state index is 0.0823. The molecule has 0 saturated heterocycles. The maximum absolute atomic E-state index is 11.6. The zero-order chi connectivity index (χ0) is 16.5. The van der Waals surface area contributed by atoms with Crippen LogP contribution in [0, 0.1) is 0 Å². The van der Waals surface area contributed by atoms with Crippen LogP contribution >= 0.6 is 0 Å². The lowest BCUT2D eigenvalue weighted by molar-refractivity contribution is 0.0963. The van der Waals surface area contributed by atoms with Crippen molar-refractivity contribution in [3.8, 4) is 0 Å². The Balaban J connectivity index is 1.82. The summed E-state index contributed by atoms with van der Waals surface area (Å²) in [6.45, 7) is 2.26. The van der Waals surface area contributed by atoms with Gasteiger partial charge in [0, 0.05) is 51.7 Å². The summed E-state index contributed by atoms with van der Waals surface area (Å²) < 4.78 is 2.10. The molecule has 2 aromatic rings. The average molecular weight is 313 g/mol. The third-order valence-electron chi connectivity index (χ3n) is 3.43. The monoisotopic (exact) mass is 313 g/mol. The number of rotatable bonds is 6. The molecule has 0 aliphatic heterocycles. The van der Waals surface area contributed by atoms with Crippen molar-refractivity contribution in [3.05, 3.63) is 59.9 Å². The Morgan fingerprint density at radius 3 is 2.65 bits per heavy atom. The van der Waals surface area contributed by atoms with Gasteiger partial charge in [0.2, 0.25) is 0 Å². The van der Waals surface area contributed by atoms with Gasteiger partial charge < -0.3 is 20.5 Å². The fourth-order valence-corrected chi connectivity index (χ4v) is 2.20. The van der Waals surface area contributed by atoms with Gasteiger partial charge in [-0.2, -0.15) is 0 Å². The highest BCUT2D eigenvalue weighted by atomic mass is 16.1. The molecule has 122 valence electrons. The van der Waals surface area contributed by atoms with Gasteiger partial charge in [0.1, 0.15) is 0 Å². The third kappa shape index (κ3) is 5.18. The summed E-state index contributed by atoms with van der Waals surface area (Å²) >= 11 is 0. The minimum atomic E-state index is -0.0823. The van der Waals surface area contributed by atoms with Crippen LogP contribution in [-0.4, -0.2) is 37.1 Å². The van der Waals surface area contributed by atoms with Gasteiger partial charge >= 0.3 is 0 Å². The second-order valence-corrected chi connectivity index (χ2v) is 5.05. The van der Waals surface area contributed by atoms with Gasteiger partial charge in [0.05, 0.1) is 0 Å². The van der Waals surface area contributed by atoms with Gasteiger partial charge in [-0.05, 0) is 29.8 Å². The van der Waals surface area contributed by atoms with Crippen LogP contribution in [0.4, 0.5) is 0 Å². The number of nitrogens with one attached hydrogen (secondary N) is 3. The lowest BCUT2D eigenvalue weighted by atomic mass is 10.1. The summed E-state index contributed by atoms with van der Waals surface area (Å²) in [4.78, 5) is 15.8. The van der Waals surface area contributed by atoms with E-state index >= 15 is 0 Å². The first-order chi connectivity index (χ1) is 11.2. The number of amides is 1. The van der Waals surface area contributed by atoms with Crippen LogP contribution in [0.1, 0.15) is 15.9 Å². The van der Waals surface area contributed by atoms with E-state index in [-0.39, 0.29) is 5.91 Å². The van der Waals surface area contributed by atoms with Gasteiger partial charge in [0.15, 0.2) is 5.96 Å². The van der Waals surface area contributed by atoms with Crippen LogP contribution in [0.5, 0.6) is 0 Å². The number of aliphatic imine (C=N–C) groups is 1. The number of carbonyl (C=O) groups is 1. The lowest BCUT2D eigenvalue weighted by Gasteiger charge is -2.12. The molecule has 1 aromatic heterocycles. The summed E-state index contributed by atoms with van der Waals surface area (Å²) in [6, 6.07) is 11.5. The molecule has 0 spiro atoms. The van der Waals surface area contributed by atoms with Crippen LogP contribution in [0.15, 0.2) is 53.8 Å². The van der Waals surface area contributed by atoms with Crippen molar-refractivity contribution in [1.82, 2.24) is 20.5 Å². The third-order valence-corrected chi connectivity index (χ3v) is 3.43. The van der Waals surface area contributed by atoms with E-state index in [1.165, 1.54) is 0 Å². The Morgan fingerprint density at radius 2 is 1.96 bits per heavy atom. The molecule has 0 aliphatic carbocycles. The fraction of sp³-hybridized carbons (Fsp3) is 0.294. The summed E-state index contributed by atoms with van der Waals surface area (Å²) in [7, 11) is 3.37. The molecule has 1 heterocycles. The Kier molecular flexibility index (Phi) is 6.23. The molecule has 1 aromatic carbocycles. The number of nitrogens with zero attached hydrogens (tertiary/aromatic N) is 2. The summed E-state index contributed by atoms with van der Waals surface area (Å²) in [5.74, 6) is 0.656. The molecule has 0 atom stereocenters. The molecular weight excluding hydrogens is 290 g/mol. The van der Waals surface area contributed by atoms with E-state index in [0.717, 1.165) is 24.6 Å². The molecule has 23 heavy (non-hydrogen) atoms. The van der Waals surface area contributed by atoms with Crippen molar-refractivity contribution in [2.75, 3.05) is 20.6 Å². The van der Waals surface area contributed by atoms with Gasteiger partial charge in [-0.25, -0.2) is 0 Å². The second kappa shape index (κ2) is 8.63. The molecule has 0 radical (unpaired) electrons. The first-order valence-electron chi connectivity index (χ1n) is 7.59. The zero-order valence-corrected chi connectivity index (χ0v) is 13.5. The molecule has 6 heteroatoms. The number of hydrogen-bond acceptors (Lipinski definition) is 2. The van der Waals surface area contributed by atoms with Gasteiger partial charge in [-0.15, -0.1) is 0 Å². The van der Waals surface area contributed by atoms with Crippen molar-refractivity contribution in [2.45, 2.75) is 13.1 Å². The normalized spacial score (nSPS) is 11.1. The molecule has 0 bridgehead atoms. The van der Waals surface area contributed by atoms with E-state index in [4.69, 9.17) is 0 Å². The topological polar surface area (TPSA) is 70.5 Å². The first kappa shape index (κ1) is 16.6. The molecule has 0 saturated carbocycles. The van der Waals surface area contributed by atoms with Crippen molar-refractivity contribution in [1.29, 1.82) is 0 Å². The Bertz CT molecular complexity index is 649. The van der Waals surface area contributed by atoms with E-state index in [1.54, 1.807) is 20.2 Å². The number of benzene rings is 1. The lowest BCUT2D eigenvalue weighted by Crippen LogP contribution is -2.38.